The summed E-state index contributed by atoms with van der Waals surface area (Å²) >= 11 is 0. The monoisotopic (exact) mass is 184 g/mol. The van der Waals surface area contributed by atoms with Crippen molar-refractivity contribution >= 4 is 5.97 Å². The van der Waals surface area contributed by atoms with Gasteiger partial charge in [-0.1, -0.05) is 0 Å². The van der Waals surface area contributed by atoms with E-state index in [1.165, 1.54) is 14.2 Å². The van der Waals surface area contributed by atoms with Crippen LogP contribution in [0.1, 0.15) is 13.8 Å². The molecule has 0 aromatic heterocycles. The molecule has 0 radical (unpaired) electrons. The van der Waals surface area contributed by atoms with Crippen molar-refractivity contribution in [1.29, 1.82) is 0 Å². The molecule has 72 valence electrons. The topological polar surface area (TPSA) is 44.8 Å². The molecule has 0 aromatic carbocycles. The van der Waals surface area contributed by atoms with Crippen LogP contribution in [0, 0.1) is 0 Å². The van der Waals surface area contributed by atoms with Crippen molar-refractivity contribution in [3.05, 3.63) is 22.9 Å². The second-order valence-electron chi connectivity index (χ2n) is 2.79. The molecule has 0 fully saturated rings. The van der Waals surface area contributed by atoms with Gasteiger partial charge in [0.15, 0.2) is 5.76 Å². The maximum absolute atomic E-state index is 11.2. The first-order valence-corrected chi connectivity index (χ1v) is 3.84. The Morgan fingerprint density at radius 2 is 1.69 bits per heavy atom. The zero-order valence-electron chi connectivity index (χ0n) is 8.13. The van der Waals surface area contributed by atoms with E-state index in [9.17, 15) is 4.79 Å². The molecule has 0 N–H and O–H groups in total. The van der Waals surface area contributed by atoms with Crippen molar-refractivity contribution in [1.82, 2.24) is 0 Å². The lowest BCUT2D eigenvalue weighted by molar-refractivity contribution is -0.136. The van der Waals surface area contributed by atoms with Crippen molar-refractivity contribution in [2.45, 2.75) is 13.8 Å². The Morgan fingerprint density at radius 3 is 2.08 bits per heavy atom. The molecule has 4 heteroatoms. The molecule has 0 saturated carbocycles. The zero-order valence-corrected chi connectivity index (χ0v) is 8.13. The number of esters is 1. The fraction of sp³-hybridized carbons (Fsp3) is 0.444. The van der Waals surface area contributed by atoms with Crippen LogP contribution in [-0.4, -0.2) is 20.2 Å². The van der Waals surface area contributed by atoms with E-state index in [1.54, 1.807) is 0 Å². The van der Waals surface area contributed by atoms with Crippen LogP contribution in [0.5, 0.6) is 0 Å². The number of cyclic esters (lactones) is 1. The Balaban J connectivity index is 3.18. The van der Waals surface area contributed by atoms with Crippen LogP contribution < -0.4 is 0 Å². The van der Waals surface area contributed by atoms with Crippen LogP contribution >= 0.6 is 0 Å². The molecule has 0 bridgehead atoms. The molecule has 0 unspecified atom stereocenters. The fourth-order valence-corrected chi connectivity index (χ4v) is 1.07. The Bertz CT molecular complexity index is 295. The summed E-state index contributed by atoms with van der Waals surface area (Å²) in [5.41, 5.74) is 0.872. The number of carbonyl (C=O) groups is 1. The van der Waals surface area contributed by atoms with E-state index in [0.29, 0.717) is 11.5 Å². The zero-order chi connectivity index (χ0) is 10.0. The molecule has 0 aromatic rings. The standard InChI is InChI=1S/C9H12O4/c1-5(2)6-7(11-3)8(12-4)9(10)13-6/h1-4H3. The SMILES string of the molecule is COC1=C(OC)C(=C(C)C)OC1=O. The van der Waals surface area contributed by atoms with E-state index < -0.39 is 5.97 Å². The van der Waals surface area contributed by atoms with Crippen LogP contribution in [0.2, 0.25) is 0 Å². The number of carbonyl (C=O) groups excluding carboxylic acids is 1. The normalized spacial score (nSPS) is 16.0. The minimum absolute atomic E-state index is 0.124. The first-order chi connectivity index (χ1) is 6.11. The van der Waals surface area contributed by atoms with Gasteiger partial charge in [-0.05, 0) is 19.4 Å². The van der Waals surface area contributed by atoms with Gasteiger partial charge in [-0.3, -0.25) is 0 Å². The van der Waals surface area contributed by atoms with Crippen molar-refractivity contribution in [2.24, 2.45) is 0 Å². The van der Waals surface area contributed by atoms with E-state index in [0.717, 1.165) is 5.57 Å². The van der Waals surface area contributed by atoms with Gasteiger partial charge in [-0.25, -0.2) is 4.79 Å². The van der Waals surface area contributed by atoms with Crippen molar-refractivity contribution in [3.8, 4) is 0 Å². The molecule has 1 rings (SSSR count). The third-order valence-corrected chi connectivity index (χ3v) is 1.65. The van der Waals surface area contributed by atoms with E-state index in [2.05, 4.69) is 0 Å². The van der Waals surface area contributed by atoms with Gasteiger partial charge in [0, 0.05) is 0 Å². The fourth-order valence-electron chi connectivity index (χ4n) is 1.07. The summed E-state index contributed by atoms with van der Waals surface area (Å²) in [6, 6.07) is 0. The highest BCUT2D eigenvalue weighted by molar-refractivity contribution is 5.91. The summed E-state index contributed by atoms with van der Waals surface area (Å²) in [4.78, 5) is 11.2. The summed E-state index contributed by atoms with van der Waals surface area (Å²) in [6.45, 7) is 3.67. The number of rotatable bonds is 2. The number of hydrogen-bond donors (Lipinski definition) is 0. The summed E-state index contributed by atoms with van der Waals surface area (Å²) in [6.07, 6.45) is 0. The maximum Gasteiger partial charge on any atom is 0.383 e. The minimum atomic E-state index is -0.504. The third-order valence-electron chi connectivity index (χ3n) is 1.65. The predicted octanol–water partition coefficient (Wildman–Crippen LogP) is 1.34. The van der Waals surface area contributed by atoms with Crippen LogP contribution in [0.25, 0.3) is 0 Å². The quantitative estimate of drug-likeness (QED) is 0.607. The highest BCUT2D eigenvalue weighted by atomic mass is 16.6. The molecule has 1 aliphatic heterocycles. The van der Waals surface area contributed by atoms with Gasteiger partial charge in [0.25, 0.3) is 5.76 Å². The van der Waals surface area contributed by atoms with E-state index >= 15 is 0 Å². The number of ether oxygens (including phenoxy) is 3. The van der Waals surface area contributed by atoms with Gasteiger partial charge in [0.1, 0.15) is 0 Å². The number of allylic oxidation sites excluding steroid dienone is 1. The second kappa shape index (κ2) is 3.51. The lowest BCUT2D eigenvalue weighted by atomic mass is 10.2. The van der Waals surface area contributed by atoms with E-state index in [-0.39, 0.29) is 5.76 Å². The highest BCUT2D eigenvalue weighted by Crippen LogP contribution is 2.29. The molecular formula is C9H12O4. The molecule has 0 atom stereocenters. The van der Waals surface area contributed by atoms with Gasteiger partial charge >= 0.3 is 5.97 Å². The smallest absolute Gasteiger partial charge is 0.383 e. The highest BCUT2D eigenvalue weighted by Gasteiger charge is 2.33. The molecule has 0 spiro atoms. The molecule has 13 heavy (non-hydrogen) atoms. The van der Waals surface area contributed by atoms with Crippen molar-refractivity contribution in [2.75, 3.05) is 14.2 Å². The summed E-state index contributed by atoms with van der Waals surface area (Å²) in [5, 5.41) is 0. The largest absolute Gasteiger partial charge is 0.490 e. The molecule has 1 aliphatic rings. The van der Waals surface area contributed by atoms with Crippen molar-refractivity contribution < 1.29 is 19.0 Å². The Labute approximate surface area is 76.8 Å². The van der Waals surface area contributed by atoms with Crippen LogP contribution in [-0.2, 0) is 19.0 Å². The molecule has 1 heterocycles. The van der Waals surface area contributed by atoms with Crippen LogP contribution in [0.15, 0.2) is 22.9 Å². The van der Waals surface area contributed by atoms with Gasteiger partial charge < -0.3 is 14.2 Å². The van der Waals surface area contributed by atoms with Gasteiger partial charge in [-0.2, -0.15) is 0 Å². The van der Waals surface area contributed by atoms with Gasteiger partial charge in [-0.15, -0.1) is 0 Å². The first kappa shape index (κ1) is 9.64. The summed E-state index contributed by atoms with van der Waals surface area (Å²) in [5.74, 6) is 0.436. The molecule has 0 saturated heterocycles. The molecular weight excluding hydrogens is 172 g/mol. The minimum Gasteiger partial charge on any atom is -0.490 e. The average Bonchev–Trinajstić information content (AvgIpc) is 2.41. The third kappa shape index (κ3) is 1.52. The van der Waals surface area contributed by atoms with Gasteiger partial charge in [0.2, 0.25) is 5.76 Å². The predicted molar refractivity (Wildman–Crippen MR) is 45.5 cm³/mol. The first-order valence-electron chi connectivity index (χ1n) is 3.84. The Kier molecular flexibility index (Phi) is 2.60. The average molecular weight is 184 g/mol. The number of methoxy groups -OCH3 is 2. The Hall–Kier alpha value is -1.45. The lowest BCUT2D eigenvalue weighted by Crippen LogP contribution is -2.00. The number of hydrogen-bond acceptors (Lipinski definition) is 4. The van der Waals surface area contributed by atoms with Crippen LogP contribution in [0.4, 0.5) is 0 Å². The Morgan fingerprint density at radius 1 is 1.15 bits per heavy atom. The maximum atomic E-state index is 11.2. The second-order valence-corrected chi connectivity index (χ2v) is 2.79. The van der Waals surface area contributed by atoms with E-state index in [4.69, 9.17) is 14.2 Å². The summed E-state index contributed by atoms with van der Waals surface area (Å²) in [7, 11) is 2.88. The lowest BCUT2D eigenvalue weighted by Gasteiger charge is -2.03. The molecule has 4 nitrogen and oxygen atoms in total. The summed E-state index contributed by atoms with van der Waals surface area (Å²) < 4.78 is 14.8. The van der Waals surface area contributed by atoms with Crippen LogP contribution in [0.3, 0.4) is 0 Å². The van der Waals surface area contributed by atoms with Crippen molar-refractivity contribution in [3.63, 3.8) is 0 Å². The van der Waals surface area contributed by atoms with E-state index in [1.807, 2.05) is 13.8 Å². The molecule has 0 aliphatic carbocycles. The molecule has 0 amide bonds. The van der Waals surface area contributed by atoms with Gasteiger partial charge in [0.05, 0.1) is 14.2 Å².